The summed E-state index contributed by atoms with van der Waals surface area (Å²) in [5, 5.41) is 3.09. The normalized spacial score (nSPS) is 20.6. The fraction of sp³-hybridized carbons (Fsp3) is 0.500. The molecule has 0 bridgehead atoms. The number of nitrogens with one attached hydrogen (secondary N) is 1. The van der Waals surface area contributed by atoms with Gasteiger partial charge in [-0.3, -0.25) is 9.69 Å². The second-order valence-electron chi connectivity index (χ2n) is 5.94. The van der Waals surface area contributed by atoms with E-state index in [2.05, 4.69) is 14.6 Å². The summed E-state index contributed by atoms with van der Waals surface area (Å²) in [7, 11) is -3.65. The highest BCUT2D eigenvalue weighted by Gasteiger charge is 2.29. The smallest absolute Gasteiger partial charge is 0.309 e. The molecule has 1 fully saturated rings. The van der Waals surface area contributed by atoms with E-state index in [4.69, 9.17) is 4.74 Å². The van der Waals surface area contributed by atoms with Crippen molar-refractivity contribution in [1.29, 1.82) is 0 Å². The number of nitrogens with zero attached hydrogens (tertiary/aromatic N) is 2. The van der Waals surface area contributed by atoms with Gasteiger partial charge in [0.1, 0.15) is 10.7 Å². The number of fused-ring (bicyclic) bond motifs is 1. The number of anilines is 1. The molecule has 0 aromatic heterocycles. The van der Waals surface area contributed by atoms with Crippen molar-refractivity contribution in [2.75, 3.05) is 31.6 Å². The van der Waals surface area contributed by atoms with Gasteiger partial charge in [0.2, 0.25) is 0 Å². The van der Waals surface area contributed by atoms with Crippen molar-refractivity contribution in [1.82, 2.24) is 4.90 Å². The molecule has 0 amide bonds. The number of piperidine rings is 1. The average Bonchev–Trinajstić information content (AvgIpc) is 2.55. The maximum atomic E-state index is 12.2. The lowest BCUT2D eigenvalue weighted by molar-refractivity contribution is -0.149. The summed E-state index contributed by atoms with van der Waals surface area (Å²) in [4.78, 5) is 14.1. The average molecular weight is 351 g/mol. The minimum atomic E-state index is -3.65. The van der Waals surface area contributed by atoms with Crippen molar-refractivity contribution in [3.05, 3.63) is 24.3 Å². The van der Waals surface area contributed by atoms with Gasteiger partial charge in [-0.25, -0.2) is 0 Å². The number of para-hydroxylation sites is 1. The molecule has 1 N–H and O–H groups in total. The van der Waals surface area contributed by atoms with Crippen LogP contribution in [0.25, 0.3) is 0 Å². The Hall–Kier alpha value is -1.93. The fourth-order valence-electron chi connectivity index (χ4n) is 3.03. The molecule has 0 aliphatic carbocycles. The molecule has 1 aromatic rings. The zero-order chi connectivity index (χ0) is 17.2. The maximum absolute atomic E-state index is 12.2. The monoisotopic (exact) mass is 351 g/mol. The Morgan fingerprint density at radius 3 is 2.75 bits per heavy atom. The molecule has 8 heteroatoms. The predicted octanol–water partition coefficient (Wildman–Crippen LogP) is 1.47. The molecular weight excluding hydrogens is 330 g/mol. The summed E-state index contributed by atoms with van der Waals surface area (Å²) in [5.41, 5.74) is 0.559. The number of benzene rings is 1. The lowest BCUT2D eigenvalue weighted by Crippen LogP contribution is -2.42. The summed E-state index contributed by atoms with van der Waals surface area (Å²) in [5.74, 6) is 0.219. The molecule has 0 atom stereocenters. The second kappa shape index (κ2) is 6.90. The van der Waals surface area contributed by atoms with E-state index in [0.717, 1.165) is 12.8 Å². The van der Waals surface area contributed by atoms with Gasteiger partial charge < -0.3 is 10.1 Å². The Morgan fingerprint density at radius 2 is 2.04 bits per heavy atom. The molecule has 2 aliphatic heterocycles. The third-order valence-electron chi connectivity index (χ3n) is 4.26. The maximum Gasteiger partial charge on any atom is 0.309 e. The number of ether oxygens (including phenoxy) is 1. The van der Waals surface area contributed by atoms with Gasteiger partial charge in [-0.05, 0) is 45.0 Å². The van der Waals surface area contributed by atoms with Gasteiger partial charge in [0, 0.05) is 0 Å². The second-order valence-corrected chi connectivity index (χ2v) is 7.51. The van der Waals surface area contributed by atoms with E-state index in [0.29, 0.717) is 37.8 Å². The van der Waals surface area contributed by atoms with E-state index < -0.39 is 10.0 Å². The molecule has 0 saturated carbocycles. The van der Waals surface area contributed by atoms with Crippen LogP contribution in [-0.2, 0) is 19.6 Å². The third-order valence-corrected chi connectivity index (χ3v) is 5.63. The number of likely N-dealkylation sites (tertiary alicyclic amines) is 1. The van der Waals surface area contributed by atoms with Crippen LogP contribution < -0.4 is 5.32 Å². The van der Waals surface area contributed by atoms with Crippen LogP contribution in [0.1, 0.15) is 19.8 Å². The van der Waals surface area contributed by atoms with Crippen molar-refractivity contribution in [3.63, 3.8) is 0 Å². The lowest BCUT2D eigenvalue weighted by atomic mass is 9.97. The Morgan fingerprint density at radius 1 is 1.33 bits per heavy atom. The van der Waals surface area contributed by atoms with Crippen molar-refractivity contribution >= 4 is 27.5 Å². The summed E-state index contributed by atoms with van der Waals surface area (Å²) in [6, 6.07) is 6.74. The SMILES string of the molecule is CCOC(=O)C1CCN(CC2=NS(=O)(=O)c3ccccc3N2)CC1. The zero-order valence-electron chi connectivity index (χ0n) is 13.6. The van der Waals surface area contributed by atoms with E-state index >= 15 is 0 Å². The van der Waals surface area contributed by atoms with E-state index in [9.17, 15) is 13.2 Å². The predicted molar refractivity (Wildman–Crippen MR) is 90.5 cm³/mol. The lowest BCUT2D eigenvalue weighted by Gasteiger charge is -2.31. The van der Waals surface area contributed by atoms with Crippen LogP contribution in [0, 0.1) is 5.92 Å². The fourth-order valence-corrected chi connectivity index (χ4v) is 4.17. The highest BCUT2D eigenvalue weighted by atomic mass is 32.2. The van der Waals surface area contributed by atoms with Gasteiger partial charge in [-0.15, -0.1) is 4.40 Å². The number of amidine groups is 1. The van der Waals surface area contributed by atoms with Crippen LogP contribution in [0.4, 0.5) is 5.69 Å². The molecule has 3 rings (SSSR count). The van der Waals surface area contributed by atoms with Crippen LogP contribution in [0.2, 0.25) is 0 Å². The van der Waals surface area contributed by atoms with Gasteiger partial charge in [-0.1, -0.05) is 12.1 Å². The first-order chi connectivity index (χ1) is 11.5. The van der Waals surface area contributed by atoms with Gasteiger partial charge in [-0.2, -0.15) is 8.42 Å². The van der Waals surface area contributed by atoms with E-state index in [-0.39, 0.29) is 16.8 Å². The minimum Gasteiger partial charge on any atom is -0.466 e. The quantitative estimate of drug-likeness (QED) is 0.827. The Balaban J connectivity index is 1.62. The number of sulfonamides is 1. The molecule has 0 spiro atoms. The molecule has 0 unspecified atom stereocenters. The standard InChI is InChI=1S/C16H21N3O4S/c1-2-23-16(20)12-7-9-19(10-8-12)11-15-17-13-5-3-4-6-14(13)24(21,22)18-15/h3-6,12H,2,7-11H2,1H3,(H,17,18). The molecule has 1 aromatic carbocycles. The van der Waals surface area contributed by atoms with Gasteiger partial charge >= 0.3 is 5.97 Å². The number of rotatable bonds is 4. The van der Waals surface area contributed by atoms with Crippen LogP contribution >= 0.6 is 0 Å². The Kier molecular flexibility index (Phi) is 4.86. The number of hydrogen-bond acceptors (Lipinski definition) is 6. The van der Waals surface area contributed by atoms with Gasteiger partial charge in [0.25, 0.3) is 10.0 Å². The summed E-state index contributed by atoms with van der Waals surface area (Å²) >= 11 is 0. The van der Waals surface area contributed by atoms with Gasteiger partial charge in [0.05, 0.1) is 24.8 Å². The molecule has 24 heavy (non-hydrogen) atoms. The van der Waals surface area contributed by atoms with Crippen molar-refractivity contribution in [2.24, 2.45) is 10.3 Å². The molecule has 130 valence electrons. The van der Waals surface area contributed by atoms with Crippen molar-refractivity contribution in [2.45, 2.75) is 24.7 Å². The number of hydrogen-bond donors (Lipinski definition) is 1. The zero-order valence-corrected chi connectivity index (χ0v) is 14.4. The van der Waals surface area contributed by atoms with Crippen molar-refractivity contribution in [3.8, 4) is 0 Å². The first kappa shape index (κ1) is 16.9. The Bertz CT molecular complexity index is 752. The summed E-state index contributed by atoms with van der Waals surface area (Å²) in [6.07, 6.45) is 1.44. The minimum absolute atomic E-state index is 0.0630. The first-order valence-electron chi connectivity index (χ1n) is 8.08. The molecule has 2 heterocycles. The first-order valence-corrected chi connectivity index (χ1v) is 9.52. The number of carbonyl (C=O) groups excluding carboxylic acids is 1. The van der Waals surface area contributed by atoms with E-state index in [1.165, 1.54) is 0 Å². The van der Waals surface area contributed by atoms with Gasteiger partial charge in [0.15, 0.2) is 0 Å². The molecular formula is C16H21N3O4S. The van der Waals surface area contributed by atoms with Crippen LogP contribution in [-0.4, -0.2) is 51.4 Å². The van der Waals surface area contributed by atoms with E-state index in [1.54, 1.807) is 31.2 Å². The Labute approximate surface area is 141 Å². The van der Waals surface area contributed by atoms with Crippen LogP contribution in [0.5, 0.6) is 0 Å². The van der Waals surface area contributed by atoms with Crippen LogP contribution in [0.15, 0.2) is 33.6 Å². The third kappa shape index (κ3) is 3.59. The topological polar surface area (TPSA) is 88.1 Å². The number of esters is 1. The van der Waals surface area contributed by atoms with Crippen molar-refractivity contribution < 1.29 is 17.9 Å². The number of carbonyl (C=O) groups is 1. The highest BCUT2D eigenvalue weighted by Crippen LogP contribution is 2.27. The largest absolute Gasteiger partial charge is 0.466 e. The highest BCUT2D eigenvalue weighted by molar-refractivity contribution is 7.90. The molecule has 7 nitrogen and oxygen atoms in total. The molecule has 0 radical (unpaired) electrons. The molecule has 2 aliphatic rings. The van der Waals surface area contributed by atoms with Crippen LogP contribution in [0.3, 0.4) is 0 Å². The van der Waals surface area contributed by atoms with E-state index in [1.807, 2.05) is 0 Å². The molecule has 1 saturated heterocycles. The summed E-state index contributed by atoms with van der Waals surface area (Å²) < 4.78 is 33.4. The summed E-state index contributed by atoms with van der Waals surface area (Å²) in [6.45, 7) is 4.05.